The predicted molar refractivity (Wildman–Crippen MR) is 159 cm³/mol. The summed E-state index contributed by atoms with van der Waals surface area (Å²) in [6.07, 6.45) is -1.20. The molecule has 9 nitrogen and oxygen atoms in total. The smallest absolute Gasteiger partial charge is 0.420 e. The van der Waals surface area contributed by atoms with Gasteiger partial charge in [0.25, 0.3) is 5.91 Å². The first kappa shape index (κ1) is 32.3. The fourth-order valence-corrected chi connectivity index (χ4v) is 4.87. The zero-order valence-electron chi connectivity index (χ0n) is 25.0. The maximum Gasteiger partial charge on any atom is 0.420 e. The van der Waals surface area contributed by atoms with Gasteiger partial charge in [-0.15, -0.1) is 0 Å². The first-order chi connectivity index (χ1) is 20.7. The van der Waals surface area contributed by atoms with Crippen LogP contribution in [0.25, 0.3) is 0 Å². The summed E-state index contributed by atoms with van der Waals surface area (Å²) in [7, 11) is 1.29. The second kappa shape index (κ2) is 13.4. The van der Waals surface area contributed by atoms with E-state index in [1.165, 1.54) is 42.5 Å². The molecule has 1 aromatic heterocycles. The van der Waals surface area contributed by atoms with E-state index >= 15 is 0 Å². The number of aryl methyl sites for hydroxylation is 2. The van der Waals surface area contributed by atoms with Crippen LogP contribution in [0, 0.1) is 0 Å². The number of methoxy groups -OCH3 is 1. The van der Waals surface area contributed by atoms with Crippen LogP contribution in [0.15, 0.2) is 60.9 Å². The fraction of sp³-hybridized carbons (Fsp3) is 0.375. The number of amides is 2. The molecule has 1 fully saturated rings. The second-order valence-electron chi connectivity index (χ2n) is 11.4. The Bertz CT molecular complexity index is 1510. The number of rotatable bonds is 7. The third-order valence-electron chi connectivity index (χ3n) is 6.95. The highest BCUT2D eigenvalue weighted by molar-refractivity contribution is 6.05. The lowest BCUT2D eigenvalue weighted by Gasteiger charge is -2.38. The number of hydrogen-bond acceptors (Lipinski definition) is 7. The molecule has 1 aliphatic rings. The average Bonchev–Trinajstić information content (AvgIpc) is 2.98. The van der Waals surface area contributed by atoms with Crippen LogP contribution in [0.1, 0.15) is 58.2 Å². The van der Waals surface area contributed by atoms with Crippen molar-refractivity contribution in [2.75, 3.05) is 43.5 Å². The van der Waals surface area contributed by atoms with Gasteiger partial charge in [0.05, 0.1) is 24.0 Å². The molecule has 4 rings (SSSR count). The monoisotopic (exact) mass is 612 g/mol. The molecule has 0 unspecified atom stereocenters. The SMILES string of the molecule is COC(=O)c1cncc(CCc2cccc(C(=O)Nc3cccc(N4CCN(C(=O)OC(C)(C)C)CC4)c3C(F)(F)F)c2)c1. The molecular weight excluding hydrogens is 577 g/mol. The van der Waals surface area contributed by atoms with Gasteiger partial charge in [-0.1, -0.05) is 18.2 Å². The summed E-state index contributed by atoms with van der Waals surface area (Å²) in [4.78, 5) is 44.5. The lowest BCUT2D eigenvalue weighted by molar-refractivity contribution is -0.136. The number of carbonyl (C=O) groups is 3. The normalized spacial score (nSPS) is 13.8. The van der Waals surface area contributed by atoms with E-state index in [1.54, 1.807) is 50.1 Å². The number of esters is 1. The third kappa shape index (κ3) is 8.27. The van der Waals surface area contributed by atoms with Gasteiger partial charge in [0.1, 0.15) is 11.2 Å². The van der Waals surface area contributed by atoms with E-state index in [0.717, 1.165) is 11.1 Å². The van der Waals surface area contributed by atoms with E-state index in [9.17, 15) is 27.6 Å². The highest BCUT2D eigenvalue weighted by Gasteiger charge is 2.39. The number of benzene rings is 2. The highest BCUT2D eigenvalue weighted by Crippen LogP contribution is 2.42. The molecule has 2 amide bonds. The molecule has 3 aromatic rings. The second-order valence-corrected chi connectivity index (χ2v) is 11.4. The molecule has 0 atom stereocenters. The van der Waals surface area contributed by atoms with E-state index in [0.29, 0.717) is 18.4 Å². The van der Waals surface area contributed by atoms with Crippen LogP contribution in [-0.4, -0.2) is 66.7 Å². The lowest BCUT2D eigenvalue weighted by Crippen LogP contribution is -2.50. The van der Waals surface area contributed by atoms with Crippen LogP contribution in [0.5, 0.6) is 0 Å². The number of aromatic nitrogens is 1. The van der Waals surface area contributed by atoms with Crippen LogP contribution in [0.2, 0.25) is 0 Å². The highest BCUT2D eigenvalue weighted by atomic mass is 19.4. The number of carbonyl (C=O) groups excluding carboxylic acids is 3. The van der Waals surface area contributed by atoms with Crippen molar-refractivity contribution in [2.45, 2.75) is 45.4 Å². The molecule has 2 heterocycles. The Morgan fingerprint density at radius 2 is 1.55 bits per heavy atom. The van der Waals surface area contributed by atoms with E-state index in [-0.39, 0.29) is 43.1 Å². The number of pyridine rings is 1. The van der Waals surface area contributed by atoms with Crippen LogP contribution in [-0.2, 0) is 28.5 Å². The number of nitrogens with one attached hydrogen (secondary N) is 1. The van der Waals surface area contributed by atoms with Gasteiger partial charge in [0.15, 0.2) is 0 Å². The van der Waals surface area contributed by atoms with Crippen molar-refractivity contribution in [1.82, 2.24) is 9.88 Å². The fourth-order valence-electron chi connectivity index (χ4n) is 4.87. The van der Waals surface area contributed by atoms with Gasteiger partial charge in [-0.05, 0) is 75.1 Å². The first-order valence-electron chi connectivity index (χ1n) is 14.1. The number of ether oxygens (including phenoxy) is 2. The molecule has 12 heteroatoms. The Balaban J connectivity index is 1.48. The Labute approximate surface area is 254 Å². The Morgan fingerprint density at radius 1 is 0.886 bits per heavy atom. The molecule has 2 aromatic carbocycles. The van der Waals surface area contributed by atoms with Crippen molar-refractivity contribution < 1.29 is 37.0 Å². The van der Waals surface area contributed by atoms with Crippen LogP contribution in [0.3, 0.4) is 0 Å². The van der Waals surface area contributed by atoms with Gasteiger partial charge in [-0.25, -0.2) is 9.59 Å². The minimum atomic E-state index is -4.75. The quantitative estimate of drug-likeness (QED) is 0.328. The largest absolute Gasteiger partial charge is 0.465 e. The van der Waals surface area contributed by atoms with Crippen LogP contribution in [0.4, 0.5) is 29.3 Å². The van der Waals surface area contributed by atoms with E-state index < -0.39 is 35.3 Å². The van der Waals surface area contributed by atoms with Crippen molar-refractivity contribution in [3.05, 3.63) is 88.7 Å². The van der Waals surface area contributed by atoms with Crippen LogP contribution < -0.4 is 10.2 Å². The molecule has 1 N–H and O–H groups in total. The van der Waals surface area contributed by atoms with Gasteiger partial charge in [0.2, 0.25) is 0 Å². The maximum absolute atomic E-state index is 14.4. The van der Waals surface area contributed by atoms with Crippen molar-refractivity contribution in [2.24, 2.45) is 0 Å². The molecule has 1 saturated heterocycles. The van der Waals surface area contributed by atoms with E-state index in [4.69, 9.17) is 9.47 Å². The van der Waals surface area contributed by atoms with Gasteiger partial charge >= 0.3 is 18.2 Å². The number of alkyl halides is 3. The molecule has 44 heavy (non-hydrogen) atoms. The number of halogens is 3. The molecule has 0 saturated carbocycles. The van der Waals surface area contributed by atoms with E-state index in [2.05, 4.69) is 10.3 Å². The van der Waals surface area contributed by atoms with Crippen molar-refractivity contribution >= 4 is 29.3 Å². The molecule has 0 spiro atoms. The maximum atomic E-state index is 14.4. The zero-order valence-corrected chi connectivity index (χ0v) is 25.0. The summed E-state index contributed by atoms with van der Waals surface area (Å²) >= 11 is 0. The number of anilines is 2. The molecular formula is C32H35F3N4O5. The van der Waals surface area contributed by atoms with Crippen molar-refractivity contribution in [1.29, 1.82) is 0 Å². The van der Waals surface area contributed by atoms with E-state index in [1.807, 2.05) is 6.07 Å². The molecule has 1 aliphatic heterocycles. The average molecular weight is 613 g/mol. The Morgan fingerprint density at radius 3 is 2.20 bits per heavy atom. The third-order valence-corrected chi connectivity index (χ3v) is 6.95. The summed E-state index contributed by atoms with van der Waals surface area (Å²) in [5, 5.41) is 2.46. The number of piperazine rings is 1. The van der Waals surface area contributed by atoms with Crippen molar-refractivity contribution in [3.8, 4) is 0 Å². The first-order valence-corrected chi connectivity index (χ1v) is 14.1. The zero-order chi connectivity index (χ0) is 32.1. The molecule has 0 radical (unpaired) electrons. The minimum absolute atomic E-state index is 0.0734. The number of nitrogens with zero attached hydrogens (tertiary/aromatic N) is 3. The topological polar surface area (TPSA) is 101 Å². The van der Waals surface area contributed by atoms with Gasteiger partial charge in [0, 0.05) is 44.1 Å². The summed E-state index contributed by atoms with van der Waals surface area (Å²) in [5.74, 6) is -1.18. The standard InChI is InChI=1S/C32H35F3N4O5/c1-31(2,3)44-30(42)39-15-13-38(14-16-39)26-10-6-9-25(27(26)32(33,34)35)37-28(40)23-8-5-7-21(17-23)11-12-22-18-24(20-36-19-22)29(41)43-4/h5-10,17-20H,11-16H2,1-4H3,(H,37,40). The van der Waals surface area contributed by atoms with Crippen LogP contribution >= 0.6 is 0 Å². The Hall–Kier alpha value is -4.61. The summed E-state index contributed by atoms with van der Waals surface area (Å²) < 4.78 is 53.4. The summed E-state index contributed by atoms with van der Waals surface area (Å²) in [6, 6.07) is 12.4. The lowest BCUT2D eigenvalue weighted by atomic mass is 10.0. The van der Waals surface area contributed by atoms with Gasteiger partial charge < -0.3 is 24.6 Å². The summed E-state index contributed by atoms with van der Waals surface area (Å²) in [5.41, 5.74) is 0.0441. The summed E-state index contributed by atoms with van der Waals surface area (Å²) in [6.45, 7) is 5.96. The molecule has 234 valence electrons. The predicted octanol–water partition coefficient (Wildman–Crippen LogP) is 5.98. The Kier molecular flexibility index (Phi) is 9.81. The minimum Gasteiger partial charge on any atom is -0.465 e. The van der Waals surface area contributed by atoms with Gasteiger partial charge in [-0.2, -0.15) is 13.2 Å². The molecule has 0 aliphatic carbocycles. The number of hydrogen-bond donors (Lipinski definition) is 1. The van der Waals surface area contributed by atoms with Gasteiger partial charge in [-0.3, -0.25) is 9.78 Å². The van der Waals surface area contributed by atoms with Crippen molar-refractivity contribution in [3.63, 3.8) is 0 Å². The molecule has 0 bridgehead atoms.